The summed E-state index contributed by atoms with van der Waals surface area (Å²) >= 11 is 0. The molecule has 2 aromatic rings. The van der Waals surface area contributed by atoms with Crippen LogP contribution in [-0.2, 0) is 9.53 Å². The van der Waals surface area contributed by atoms with Gasteiger partial charge in [-0.2, -0.15) is 0 Å². The maximum Gasteiger partial charge on any atom is 0.257 e. The first-order valence-corrected chi connectivity index (χ1v) is 10.6. The third kappa shape index (κ3) is 3.33. The van der Waals surface area contributed by atoms with E-state index in [1.54, 1.807) is 21.9 Å². The van der Waals surface area contributed by atoms with Crippen molar-refractivity contribution in [3.8, 4) is 12.3 Å². The van der Waals surface area contributed by atoms with E-state index in [2.05, 4.69) is 10.9 Å². The van der Waals surface area contributed by atoms with E-state index in [4.69, 9.17) is 11.2 Å². The number of ether oxygens (including phenoxy) is 1. The van der Waals surface area contributed by atoms with Gasteiger partial charge in [-0.1, -0.05) is 5.92 Å². The van der Waals surface area contributed by atoms with Crippen LogP contribution in [0.15, 0.2) is 36.5 Å². The Morgan fingerprint density at radius 2 is 1.88 bits per heavy atom. The minimum absolute atomic E-state index is 0.166. The van der Waals surface area contributed by atoms with Crippen molar-refractivity contribution in [1.82, 2.24) is 14.8 Å². The van der Waals surface area contributed by atoms with Gasteiger partial charge in [-0.3, -0.25) is 9.59 Å². The van der Waals surface area contributed by atoms with E-state index in [1.807, 2.05) is 0 Å². The van der Waals surface area contributed by atoms with Gasteiger partial charge in [0.15, 0.2) is 5.60 Å². The average molecular weight is 437 g/mol. The average Bonchev–Trinajstić information content (AvgIpc) is 3.31. The number of benzene rings is 1. The van der Waals surface area contributed by atoms with Crippen molar-refractivity contribution in [3.63, 3.8) is 0 Å². The molecule has 3 aliphatic heterocycles. The molecular weight excluding hydrogens is 416 g/mol. The number of halogens is 2. The van der Waals surface area contributed by atoms with E-state index in [1.165, 1.54) is 18.3 Å². The minimum Gasteiger partial charge on any atom is -0.342 e. The number of carbonyl (C=O) groups is 2. The van der Waals surface area contributed by atoms with Gasteiger partial charge >= 0.3 is 0 Å². The van der Waals surface area contributed by atoms with Crippen LogP contribution in [0.25, 0.3) is 0 Å². The van der Waals surface area contributed by atoms with E-state index in [-0.39, 0.29) is 11.8 Å². The molecule has 1 aromatic heterocycles. The zero-order chi connectivity index (χ0) is 22.5. The lowest BCUT2D eigenvalue weighted by Gasteiger charge is -2.37. The summed E-state index contributed by atoms with van der Waals surface area (Å²) in [5.41, 5.74) is 0.276. The molecule has 0 radical (unpaired) electrons. The van der Waals surface area contributed by atoms with Crippen LogP contribution in [0.2, 0.25) is 0 Å². The zero-order valence-electron chi connectivity index (χ0n) is 17.3. The van der Waals surface area contributed by atoms with E-state index < -0.39 is 29.5 Å². The van der Waals surface area contributed by atoms with Crippen molar-refractivity contribution in [2.24, 2.45) is 0 Å². The SMILES string of the molecule is C#Cc1cc(C(=O)N2CCC3(CC2)OC2CCC(c4cc(F)cc(F)c4)N2C3=O)ccn1. The molecule has 164 valence electrons. The number of nitrogens with zero attached hydrogens (tertiary/aromatic N) is 3. The lowest BCUT2D eigenvalue weighted by molar-refractivity contribution is -0.142. The van der Waals surface area contributed by atoms with Gasteiger partial charge in [0.05, 0.1) is 6.04 Å². The molecule has 0 bridgehead atoms. The molecule has 4 heterocycles. The second-order valence-electron chi connectivity index (χ2n) is 8.44. The van der Waals surface area contributed by atoms with Crippen LogP contribution in [0.4, 0.5) is 8.78 Å². The van der Waals surface area contributed by atoms with Gasteiger partial charge in [0.2, 0.25) is 0 Å². The number of hydrogen-bond acceptors (Lipinski definition) is 4. The first kappa shape index (κ1) is 20.6. The molecule has 1 spiro atoms. The highest BCUT2D eigenvalue weighted by Crippen LogP contribution is 2.47. The Morgan fingerprint density at radius 1 is 1.16 bits per heavy atom. The number of amides is 2. The third-order valence-electron chi connectivity index (χ3n) is 6.60. The quantitative estimate of drug-likeness (QED) is 0.678. The molecule has 0 saturated carbocycles. The third-order valence-corrected chi connectivity index (χ3v) is 6.60. The summed E-state index contributed by atoms with van der Waals surface area (Å²) in [5.74, 6) is 0.753. The van der Waals surface area contributed by atoms with Gasteiger partial charge < -0.3 is 14.5 Å². The standard InChI is InChI=1S/C24H21F2N3O3/c1-2-19-13-15(5-8-27-19)22(30)28-9-6-24(7-10-28)23(31)29-20(3-4-21(29)32-24)16-11-17(25)14-18(26)12-16/h1,5,8,11-14,20-21H,3-4,6-7,9-10H2. The number of rotatable bonds is 2. The Kier molecular flexibility index (Phi) is 4.94. The van der Waals surface area contributed by atoms with Crippen LogP contribution in [0.1, 0.15) is 53.3 Å². The summed E-state index contributed by atoms with van der Waals surface area (Å²) in [6.07, 6.45) is 8.36. The Balaban J connectivity index is 1.31. The molecule has 0 N–H and O–H groups in total. The number of carbonyl (C=O) groups excluding carboxylic acids is 2. The molecule has 1 aromatic carbocycles. The van der Waals surface area contributed by atoms with E-state index in [9.17, 15) is 18.4 Å². The highest BCUT2D eigenvalue weighted by Gasteiger charge is 2.58. The Hall–Kier alpha value is -3.31. The van der Waals surface area contributed by atoms with Gasteiger partial charge in [0.25, 0.3) is 11.8 Å². The van der Waals surface area contributed by atoms with Crippen molar-refractivity contribution in [1.29, 1.82) is 0 Å². The summed E-state index contributed by atoms with van der Waals surface area (Å²) in [5, 5.41) is 0. The van der Waals surface area contributed by atoms with E-state index in [0.717, 1.165) is 6.07 Å². The fourth-order valence-corrected chi connectivity index (χ4v) is 5.04. The highest BCUT2D eigenvalue weighted by molar-refractivity contribution is 5.95. The lowest BCUT2D eigenvalue weighted by atomic mass is 9.89. The molecule has 3 fully saturated rings. The lowest BCUT2D eigenvalue weighted by Crippen LogP contribution is -2.51. The summed E-state index contributed by atoms with van der Waals surface area (Å²) in [6.45, 7) is 0.718. The van der Waals surface area contributed by atoms with Crippen LogP contribution in [-0.4, -0.2) is 51.5 Å². The molecule has 8 heteroatoms. The fourth-order valence-electron chi connectivity index (χ4n) is 5.04. The number of fused-ring (bicyclic) bond motifs is 1. The van der Waals surface area contributed by atoms with Gasteiger partial charge in [-0.05, 0) is 42.7 Å². The Morgan fingerprint density at radius 3 is 2.56 bits per heavy atom. The second kappa shape index (κ2) is 7.68. The monoisotopic (exact) mass is 437 g/mol. The number of piperidine rings is 1. The van der Waals surface area contributed by atoms with Gasteiger partial charge in [0.1, 0.15) is 23.6 Å². The van der Waals surface area contributed by atoms with Gasteiger partial charge in [-0.15, -0.1) is 6.42 Å². The van der Waals surface area contributed by atoms with Crippen molar-refractivity contribution < 1.29 is 23.1 Å². The maximum absolute atomic E-state index is 13.7. The van der Waals surface area contributed by atoms with Crippen LogP contribution < -0.4 is 0 Å². The zero-order valence-corrected chi connectivity index (χ0v) is 17.3. The summed E-state index contributed by atoms with van der Waals surface area (Å²) in [7, 11) is 0. The van der Waals surface area contributed by atoms with Crippen molar-refractivity contribution in [2.75, 3.05) is 13.1 Å². The second-order valence-corrected chi connectivity index (χ2v) is 8.44. The van der Waals surface area contributed by atoms with Crippen molar-refractivity contribution in [3.05, 3.63) is 65.0 Å². The highest BCUT2D eigenvalue weighted by atomic mass is 19.1. The predicted octanol–water partition coefficient (Wildman–Crippen LogP) is 3.04. The predicted molar refractivity (Wildman–Crippen MR) is 110 cm³/mol. The van der Waals surface area contributed by atoms with E-state index >= 15 is 0 Å². The van der Waals surface area contributed by atoms with Crippen LogP contribution in [0.3, 0.4) is 0 Å². The molecule has 0 aliphatic carbocycles. The molecule has 3 aliphatic rings. The Bertz CT molecular complexity index is 1120. The summed E-state index contributed by atoms with van der Waals surface area (Å²) in [4.78, 5) is 33.6. The molecule has 2 amide bonds. The van der Waals surface area contributed by atoms with Gasteiger partial charge in [0, 0.05) is 43.8 Å². The molecule has 3 saturated heterocycles. The maximum atomic E-state index is 13.7. The summed E-state index contributed by atoms with van der Waals surface area (Å²) < 4.78 is 33.7. The van der Waals surface area contributed by atoms with Crippen molar-refractivity contribution in [2.45, 2.75) is 43.6 Å². The minimum atomic E-state index is -1.01. The van der Waals surface area contributed by atoms with Crippen LogP contribution in [0.5, 0.6) is 0 Å². The molecule has 2 unspecified atom stereocenters. The topological polar surface area (TPSA) is 62.7 Å². The number of terminal acetylenes is 1. The van der Waals surface area contributed by atoms with Crippen LogP contribution in [0, 0.1) is 24.0 Å². The normalized spacial score (nSPS) is 24.0. The van der Waals surface area contributed by atoms with Crippen molar-refractivity contribution >= 4 is 11.8 Å². The van der Waals surface area contributed by atoms with Crippen LogP contribution >= 0.6 is 0 Å². The largest absolute Gasteiger partial charge is 0.342 e. The number of hydrogen-bond donors (Lipinski definition) is 0. The molecule has 5 rings (SSSR count). The number of aromatic nitrogens is 1. The summed E-state index contributed by atoms with van der Waals surface area (Å²) in [6, 6.07) is 6.13. The molecular formula is C24H21F2N3O3. The molecule has 32 heavy (non-hydrogen) atoms. The Labute approximate surface area is 184 Å². The number of likely N-dealkylation sites (tertiary alicyclic amines) is 1. The van der Waals surface area contributed by atoms with E-state index in [0.29, 0.717) is 55.6 Å². The van der Waals surface area contributed by atoms with Gasteiger partial charge in [-0.25, -0.2) is 13.8 Å². The molecule has 6 nitrogen and oxygen atoms in total. The molecule has 2 atom stereocenters. The fraction of sp³-hybridized carbons (Fsp3) is 0.375. The first-order chi connectivity index (χ1) is 15.4. The number of pyridine rings is 1. The first-order valence-electron chi connectivity index (χ1n) is 10.6. The smallest absolute Gasteiger partial charge is 0.257 e.